The molecule has 3 heterocycles. The summed E-state index contributed by atoms with van der Waals surface area (Å²) in [4.78, 5) is 3.92. The van der Waals surface area contributed by atoms with Crippen LogP contribution in [0.15, 0.2) is 12.3 Å². The third-order valence-corrected chi connectivity index (χ3v) is 3.89. The molecule has 0 aromatic carbocycles. The van der Waals surface area contributed by atoms with Crippen molar-refractivity contribution in [2.45, 2.75) is 38.9 Å². The molecule has 0 radical (unpaired) electrons. The van der Waals surface area contributed by atoms with Crippen molar-refractivity contribution in [1.29, 1.82) is 0 Å². The van der Waals surface area contributed by atoms with Crippen LogP contribution in [0, 0.1) is 5.82 Å². The Bertz CT molecular complexity index is 625. The predicted octanol–water partition coefficient (Wildman–Crippen LogP) is 1.40. The van der Waals surface area contributed by atoms with Crippen LogP contribution in [0.3, 0.4) is 0 Å². The Labute approximate surface area is 110 Å². The number of aromatic amines is 1. The molecule has 2 aromatic heterocycles. The number of H-pyrrole nitrogens is 1. The molecule has 100 valence electrons. The van der Waals surface area contributed by atoms with Gasteiger partial charge in [0.05, 0.1) is 23.0 Å². The van der Waals surface area contributed by atoms with Crippen molar-refractivity contribution < 1.29 is 13.7 Å². The Morgan fingerprint density at radius 1 is 1.21 bits per heavy atom. The second kappa shape index (κ2) is 3.77. The number of halogens is 1. The SMILES string of the molecule is CC1(C)OB(c2[nH]nc3ncc(F)cc23)OC1(C)C. The second-order valence-electron chi connectivity index (χ2n) is 5.75. The molecule has 0 amide bonds. The molecule has 1 aliphatic heterocycles. The molecular formula is C12H15BFN3O2. The lowest BCUT2D eigenvalue weighted by Gasteiger charge is -2.32. The minimum absolute atomic E-state index is 0.410. The summed E-state index contributed by atoms with van der Waals surface area (Å²) in [6.45, 7) is 7.85. The van der Waals surface area contributed by atoms with E-state index >= 15 is 0 Å². The van der Waals surface area contributed by atoms with Gasteiger partial charge < -0.3 is 9.31 Å². The van der Waals surface area contributed by atoms with E-state index in [4.69, 9.17) is 9.31 Å². The number of hydrogen-bond acceptors (Lipinski definition) is 4. The van der Waals surface area contributed by atoms with Gasteiger partial charge in [0.2, 0.25) is 0 Å². The van der Waals surface area contributed by atoms with Crippen LogP contribution in [0.4, 0.5) is 4.39 Å². The Morgan fingerprint density at radius 3 is 2.47 bits per heavy atom. The van der Waals surface area contributed by atoms with Crippen LogP contribution < -0.4 is 5.59 Å². The highest BCUT2D eigenvalue weighted by Gasteiger charge is 2.52. The Kier molecular flexibility index (Phi) is 2.49. The largest absolute Gasteiger partial charge is 0.514 e. The number of rotatable bonds is 1. The van der Waals surface area contributed by atoms with Gasteiger partial charge in [-0.25, -0.2) is 9.37 Å². The molecule has 5 nitrogen and oxygen atoms in total. The van der Waals surface area contributed by atoms with Gasteiger partial charge in [-0.3, -0.25) is 5.10 Å². The molecule has 7 heteroatoms. The summed E-state index contributed by atoms with van der Waals surface area (Å²) in [5, 5.41) is 7.45. The fourth-order valence-electron chi connectivity index (χ4n) is 2.03. The topological polar surface area (TPSA) is 60.0 Å². The summed E-state index contributed by atoms with van der Waals surface area (Å²) in [6, 6.07) is 1.38. The lowest BCUT2D eigenvalue weighted by molar-refractivity contribution is 0.00578. The number of fused-ring (bicyclic) bond motifs is 1. The molecule has 0 aliphatic carbocycles. The zero-order valence-electron chi connectivity index (χ0n) is 11.3. The highest BCUT2D eigenvalue weighted by atomic mass is 19.1. The molecule has 19 heavy (non-hydrogen) atoms. The number of nitrogens with zero attached hydrogens (tertiary/aromatic N) is 2. The fraction of sp³-hybridized carbons (Fsp3) is 0.500. The Morgan fingerprint density at radius 2 is 1.84 bits per heavy atom. The number of aromatic nitrogens is 3. The third-order valence-electron chi connectivity index (χ3n) is 3.89. The highest BCUT2D eigenvalue weighted by Crippen LogP contribution is 2.36. The summed E-state index contributed by atoms with van der Waals surface area (Å²) in [5.41, 5.74) is 0.151. The second-order valence-corrected chi connectivity index (χ2v) is 5.75. The van der Waals surface area contributed by atoms with E-state index in [1.54, 1.807) is 0 Å². The van der Waals surface area contributed by atoms with Gasteiger partial charge >= 0.3 is 7.12 Å². The van der Waals surface area contributed by atoms with E-state index in [1.165, 1.54) is 6.07 Å². The summed E-state index contributed by atoms with van der Waals surface area (Å²) in [6.07, 6.45) is 1.14. The molecule has 2 aromatic rings. The monoisotopic (exact) mass is 263 g/mol. The van der Waals surface area contributed by atoms with E-state index < -0.39 is 24.1 Å². The quantitative estimate of drug-likeness (QED) is 0.790. The first-order chi connectivity index (χ1) is 8.80. The lowest BCUT2D eigenvalue weighted by Crippen LogP contribution is -2.41. The van der Waals surface area contributed by atoms with Crippen molar-refractivity contribution in [3.05, 3.63) is 18.1 Å². The Hall–Kier alpha value is -1.47. The van der Waals surface area contributed by atoms with Gasteiger partial charge in [-0.15, -0.1) is 0 Å². The maximum atomic E-state index is 13.3. The molecule has 1 saturated heterocycles. The van der Waals surface area contributed by atoms with Crippen molar-refractivity contribution >= 4 is 23.7 Å². The van der Waals surface area contributed by atoms with Crippen LogP contribution in [-0.4, -0.2) is 33.5 Å². The van der Waals surface area contributed by atoms with E-state index in [0.717, 1.165) is 6.20 Å². The Balaban J connectivity index is 2.05. The van der Waals surface area contributed by atoms with Crippen LogP contribution >= 0.6 is 0 Å². The van der Waals surface area contributed by atoms with E-state index in [1.807, 2.05) is 27.7 Å². The minimum Gasteiger partial charge on any atom is -0.398 e. The molecule has 1 aliphatic rings. The lowest BCUT2D eigenvalue weighted by atomic mass is 9.83. The smallest absolute Gasteiger partial charge is 0.398 e. The molecule has 1 N–H and O–H groups in total. The van der Waals surface area contributed by atoms with Crippen molar-refractivity contribution in [1.82, 2.24) is 15.2 Å². The van der Waals surface area contributed by atoms with E-state index in [0.29, 0.717) is 16.6 Å². The number of nitrogens with one attached hydrogen (secondary N) is 1. The van der Waals surface area contributed by atoms with Gasteiger partial charge in [-0.05, 0) is 33.8 Å². The molecule has 0 bridgehead atoms. The van der Waals surface area contributed by atoms with E-state index in [2.05, 4.69) is 15.2 Å². The van der Waals surface area contributed by atoms with Crippen molar-refractivity contribution in [3.63, 3.8) is 0 Å². The van der Waals surface area contributed by atoms with E-state index in [-0.39, 0.29) is 0 Å². The standard InChI is InChI=1S/C12H15BFN3O2/c1-11(2)12(3,4)19-13(18-11)9-8-5-7(14)6-15-10(8)17-16-9/h5-6H,1-4H3,(H,15,16,17). The van der Waals surface area contributed by atoms with Gasteiger partial charge in [0, 0.05) is 5.39 Å². The van der Waals surface area contributed by atoms with Gasteiger partial charge in [0.15, 0.2) is 5.65 Å². The van der Waals surface area contributed by atoms with Crippen LogP contribution in [-0.2, 0) is 9.31 Å². The van der Waals surface area contributed by atoms with Crippen LogP contribution in [0.2, 0.25) is 0 Å². The normalized spacial score (nSPS) is 21.2. The molecule has 3 rings (SSSR count). The molecule has 0 saturated carbocycles. The first-order valence-electron chi connectivity index (χ1n) is 6.15. The highest BCUT2D eigenvalue weighted by molar-refractivity contribution is 6.64. The summed E-state index contributed by atoms with van der Waals surface area (Å²) in [5.74, 6) is -0.410. The maximum Gasteiger partial charge on any atom is 0.514 e. The fourth-order valence-corrected chi connectivity index (χ4v) is 2.03. The third kappa shape index (κ3) is 1.84. The molecule has 0 unspecified atom stereocenters. The van der Waals surface area contributed by atoms with Crippen LogP contribution in [0.1, 0.15) is 27.7 Å². The molecular weight excluding hydrogens is 248 g/mol. The van der Waals surface area contributed by atoms with Crippen molar-refractivity contribution in [2.24, 2.45) is 0 Å². The number of hydrogen-bond donors (Lipinski definition) is 1. The van der Waals surface area contributed by atoms with Crippen LogP contribution in [0.25, 0.3) is 11.0 Å². The first-order valence-corrected chi connectivity index (χ1v) is 6.15. The average molecular weight is 263 g/mol. The average Bonchev–Trinajstić information content (AvgIpc) is 2.77. The van der Waals surface area contributed by atoms with Crippen molar-refractivity contribution in [2.75, 3.05) is 0 Å². The zero-order chi connectivity index (χ0) is 13.8. The first kappa shape index (κ1) is 12.6. The maximum absolute atomic E-state index is 13.3. The summed E-state index contributed by atoms with van der Waals surface area (Å²) >= 11 is 0. The minimum atomic E-state index is -0.599. The summed E-state index contributed by atoms with van der Waals surface area (Å²) in [7, 11) is -0.599. The summed E-state index contributed by atoms with van der Waals surface area (Å²) < 4.78 is 25.1. The van der Waals surface area contributed by atoms with E-state index in [9.17, 15) is 4.39 Å². The van der Waals surface area contributed by atoms with Gasteiger partial charge in [-0.2, -0.15) is 5.10 Å². The zero-order valence-corrected chi connectivity index (χ0v) is 11.3. The molecule has 0 atom stereocenters. The molecule has 0 spiro atoms. The predicted molar refractivity (Wildman–Crippen MR) is 69.6 cm³/mol. The molecule has 1 fully saturated rings. The van der Waals surface area contributed by atoms with Gasteiger partial charge in [-0.1, -0.05) is 0 Å². The van der Waals surface area contributed by atoms with Gasteiger partial charge in [0.25, 0.3) is 0 Å². The van der Waals surface area contributed by atoms with Crippen molar-refractivity contribution in [3.8, 4) is 0 Å². The van der Waals surface area contributed by atoms with Crippen LogP contribution in [0.5, 0.6) is 0 Å². The van der Waals surface area contributed by atoms with Gasteiger partial charge in [0.1, 0.15) is 5.82 Å². The number of pyridine rings is 1.